The molecule has 6 nitrogen and oxygen atoms in total. The van der Waals surface area contributed by atoms with E-state index in [4.69, 9.17) is 26.2 Å². The molecule has 3 rings (SSSR count). The normalized spacial score (nSPS) is 21.2. The fourth-order valence-corrected chi connectivity index (χ4v) is 3.54. The number of nitrogens with zero attached hydrogens (tertiary/aromatic N) is 1. The number of morpholine rings is 1. The molecule has 0 spiro atoms. The Labute approximate surface area is 169 Å². The van der Waals surface area contributed by atoms with E-state index >= 15 is 0 Å². The smallest absolute Gasteiger partial charge is 0.341 e. The summed E-state index contributed by atoms with van der Waals surface area (Å²) in [5, 5.41) is 20.2. The zero-order valence-corrected chi connectivity index (χ0v) is 16.4. The van der Waals surface area contributed by atoms with E-state index in [1.165, 1.54) is 0 Å². The molecule has 2 aromatic rings. The van der Waals surface area contributed by atoms with Crippen LogP contribution in [-0.2, 0) is 21.7 Å². The third kappa shape index (κ3) is 5.23. The summed E-state index contributed by atoms with van der Waals surface area (Å²) in [7, 11) is 0. The van der Waals surface area contributed by atoms with Crippen molar-refractivity contribution in [3.05, 3.63) is 64.7 Å². The van der Waals surface area contributed by atoms with Gasteiger partial charge in [-0.15, -0.1) is 0 Å². The Hall–Kier alpha value is -2.12. The van der Waals surface area contributed by atoms with Crippen LogP contribution in [0.3, 0.4) is 0 Å². The molecule has 1 heterocycles. The third-order valence-electron chi connectivity index (χ3n) is 4.85. The second-order valence-electron chi connectivity index (χ2n) is 6.99. The van der Waals surface area contributed by atoms with Crippen molar-refractivity contribution in [2.75, 3.05) is 26.3 Å². The van der Waals surface area contributed by atoms with Crippen LogP contribution in [0, 0.1) is 0 Å². The summed E-state index contributed by atoms with van der Waals surface area (Å²) in [6, 6.07) is 14.7. The molecule has 0 amide bonds. The van der Waals surface area contributed by atoms with E-state index in [0.29, 0.717) is 29.5 Å². The number of benzene rings is 2. The first-order chi connectivity index (χ1) is 13.4. The number of rotatable bonds is 7. The number of halogens is 1. The number of carboxylic acids is 1. The zero-order valence-electron chi connectivity index (χ0n) is 15.7. The van der Waals surface area contributed by atoms with Crippen molar-refractivity contribution >= 4 is 17.6 Å². The van der Waals surface area contributed by atoms with Gasteiger partial charge in [0.1, 0.15) is 5.75 Å². The van der Waals surface area contributed by atoms with Crippen molar-refractivity contribution in [2.45, 2.75) is 25.2 Å². The molecule has 1 fully saturated rings. The molecule has 28 heavy (non-hydrogen) atoms. The zero-order chi connectivity index (χ0) is 20.1. The molecule has 1 aliphatic rings. The fourth-order valence-electron chi connectivity index (χ4n) is 3.35. The number of carboxylic acid groups (broad SMARTS) is 1. The van der Waals surface area contributed by atoms with Crippen molar-refractivity contribution in [2.24, 2.45) is 0 Å². The minimum atomic E-state index is -1.38. The Morgan fingerprint density at radius 2 is 2.07 bits per heavy atom. The van der Waals surface area contributed by atoms with Gasteiger partial charge in [-0.05, 0) is 43.2 Å². The second-order valence-corrected chi connectivity index (χ2v) is 7.43. The van der Waals surface area contributed by atoms with Gasteiger partial charge in [0.25, 0.3) is 0 Å². The van der Waals surface area contributed by atoms with Crippen LogP contribution in [0.2, 0.25) is 5.02 Å². The molecular formula is C21H24ClNO5. The largest absolute Gasteiger partial charge is 0.482 e. The highest BCUT2D eigenvalue weighted by Crippen LogP contribution is 2.30. The lowest BCUT2D eigenvalue weighted by Crippen LogP contribution is -2.53. The number of β-amino-alcohol motifs (C(OH)–C–C–N with tert-alkyl or cyclic N) is 1. The number of ether oxygens (including phenoxy) is 2. The van der Waals surface area contributed by atoms with E-state index in [2.05, 4.69) is 11.8 Å². The van der Waals surface area contributed by atoms with E-state index < -0.39 is 11.8 Å². The molecule has 2 N–H and O–H groups in total. The first kappa shape index (κ1) is 20.6. The summed E-state index contributed by atoms with van der Waals surface area (Å²) >= 11 is 6.06. The quantitative estimate of drug-likeness (QED) is 0.737. The van der Waals surface area contributed by atoms with Gasteiger partial charge in [-0.2, -0.15) is 0 Å². The standard InChI is InChI=1S/C21H24ClNO5/c1-15(11-16-5-7-19(8-6-16)27-13-20(24)25)23-9-10-28-21(26,14-23)17-3-2-4-18(22)12-17/h2-8,12,15,26H,9-11,13-14H2,1H3,(H,24,25). The van der Waals surface area contributed by atoms with Crippen molar-refractivity contribution in [1.82, 2.24) is 4.90 Å². The number of aliphatic carboxylic acids is 1. The highest BCUT2D eigenvalue weighted by atomic mass is 35.5. The number of hydrogen-bond acceptors (Lipinski definition) is 5. The summed E-state index contributed by atoms with van der Waals surface area (Å²) in [6.45, 7) is 3.26. The van der Waals surface area contributed by atoms with Gasteiger partial charge in [-0.25, -0.2) is 4.79 Å². The maximum atomic E-state index is 11.0. The molecule has 0 radical (unpaired) electrons. The second kappa shape index (κ2) is 8.92. The van der Waals surface area contributed by atoms with E-state index in [-0.39, 0.29) is 12.6 Å². The predicted molar refractivity (Wildman–Crippen MR) is 106 cm³/mol. The van der Waals surface area contributed by atoms with Crippen LogP contribution in [-0.4, -0.2) is 53.4 Å². The van der Waals surface area contributed by atoms with Gasteiger partial charge in [0, 0.05) is 23.2 Å². The SMILES string of the molecule is CC(Cc1ccc(OCC(=O)O)cc1)N1CCOC(O)(c2cccc(Cl)c2)C1. The summed E-state index contributed by atoms with van der Waals surface area (Å²) in [4.78, 5) is 12.8. The van der Waals surface area contributed by atoms with Crippen molar-refractivity contribution in [3.63, 3.8) is 0 Å². The van der Waals surface area contributed by atoms with Gasteiger partial charge < -0.3 is 19.7 Å². The molecular weight excluding hydrogens is 382 g/mol. The van der Waals surface area contributed by atoms with Crippen molar-refractivity contribution in [3.8, 4) is 5.75 Å². The molecule has 150 valence electrons. The van der Waals surface area contributed by atoms with Crippen LogP contribution in [0.5, 0.6) is 5.75 Å². The van der Waals surface area contributed by atoms with E-state index in [0.717, 1.165) is 18.5 Å². The van der Waals surface area contributed by atoms with Gasteiger partial charge in [-0.1, -0.05) is 35.9 Å². The molecule has 7 heteroatoms. The monoisotopic (exact) mass is 405 g/mol. The van der Waals surface area contributed by atoms with E-state index in [1.54, 1.807) is 30.3 Å². The number of hydrogen-bond donors (Lipinski definition) is 2. The molecule has 2 unspecified atom stereocenters. The topological polar surface area (TPSA) is 79.2 Å². The lowest BCUT2D eigenvalue weighted by molar-refractivity contribution is -0.251. The lowest BCUT2D eigenvalue weighted by atomic mass is 10.0. The first-order valence-corrected chi connectivity index (χ1v) is 9.53. The first-order valence-electron chi connectivity index (χ1n) is 9.16. The molecule has 0 aliphatic carbocycles. The number of aliphatic hydroxyl groups is 1. The van der Waals surface area contributed by atoms with Crippen LogP contribution < -0.4 is 4.74 Å². The Morgan fingerprint density at radius 1 is 1.32 bits per heavy atom. The molecule has 2 aromatic carbocycles. The molecule has 0 saturated carbocycles. The van der Waals surface area contributed by atoms with Gasteiger partial charge in [0.15, 0.2) is 6.61 Å². The molecule has 0 aromatic heterocycles. The van der Waals surface area contributed by atoms with Crippen LogP contribution in [0.4, 0.5) is 0 Å². The molecule has 1 aliphatic heterocycles. The molecule has 2 atom stereocenters. The average Bonchev–Trinajstić information content (AvgIpc) is 2.67. The minimum absolute atomic E-state index is 0.181. The van der Waals surface area contributed by atoms with Gasteiger partial charge in [-0.3, -0.25) is 4.90 Å². The van der Waals surface area contributed by atoms with Crippen LogP contribution in [0.25, 0.3) is 0 Å². The third-order valence-corrected chi connectivity index (χ3v) is 5.09. The summed E-state index contributed by atoms with van der Waals surface area (Å²) in [6.07, 6.45) is 0.783. The summed E-state index contributed by atoms with van der Waals surface area (Å²) in [5.41, 5.74) is 1.75. The predicted octanol–water partition coefficient (Wildman–Crippen LogP) is 2.91. The lowest BCUT2D eigenvalue weighted by Gasteiger charge is -2.42. The highest BCUT2D eigenvalue weighted by molar-refractivity contribution is 6.30. The Kier molecular flexibility index (Phi) is 6.57. The van der Waals surface area contributed by atoms with Crippen LogP contribution >= 0.6 is 11.6 Å². The minimum Gasteiger partial charge on any atom is -0.482 e. The van der Waals surface area contributed by atoms with Crippen LogP contribution in [0.1, 0.15) is 18.1 Å². The van der Waals surface area contributed by atoms with Crippen molar-refractivity contribution < 1.29 is 24.5 Å². The summed E-state index contributed by atoms with van der Waals surface area (Å²) < 4.78 is 10.8. The van der Waals surface area contributed by atoms with E-state index in [9.17, 15) is 9.90 Å². The van der Waals surface area contributed by atoms with Crippen LogP contribution in [0.15, 0.2) is 48.5 Å². The molecule has 0 bridgehead atoms. The van der Waals surface area contributed by atoms with E-state index in [1.807, 2.05) is 18.2 Å². The van der Waals surface area contributed by atoms with Gasteiger partial charge in [0.05, 0.1) is 13.2 Å². The fraction of sp³-hybridized carbons (Fsp3) is 0.381. The summed E-state index contributed by atoms with van der Waals surface area (Å²) in [5.74, 6) is -1.86. The number of carbonyl (C=O) groups is 1. The van der Waals surface area contributed by atoms with Gasteiger partial charge >= 0.3 is 5.97 Å². The van der Waals surface area contributed by atoms with Crippen molar-refractivity contribution in [1.29, 1.82) is 0 Å². The Balaban J connectivity index is 1.62. The highest BCUT2D eigenvalue weighted by Gasteiger charge is 2.37. The maximum Gasteiger partial charge on any atom is 0.341 e. The molecule has 1 saturated heterocycles. The maximum absolute atomic E-state index is 11.0. The average molecular weight is 406 g/mol. The van der Waals surface area contributed by atoms with Gasteiger partial charge in [0.2, 0.25) is 5.79 Å². The Morgan fingerprint density at radius 3 is 2.75 bits per heavy atom. The Bertz CT molecular complexity index is 813.